The van der Waals surface area contributed by atoms with Crippen molar-refractivity contribution in [1.82, 2.24) is 10.3 Å². The van der Waals surface area contributed by atoms with Gasteiger partial charge >= 0.3 is 0 Å². The number of pyridine rings is 1. The Balaban J connectivity index is 2.41. The number of hydrogen-bond acceptors (Lipinski definition) is 4. The van der Waals surface area contributed by atoms with Gasteiger partial charge in [-0.1, -0.05) is 19.8 Å². The van der Waals surface area contributed by atoms with Crippen molar-refractivity contribution in [3.63, 3.8) is 0 Å². The minimum atomic E-state index is -0.142. The van der Waals surface area contributed by atoms with Crippen LogP contribution < -0.4 is 11.1 Å². The summed E-state index contributed by atoms with van der Waals surface area (Å²) in [6, 6.07) is 2.16. The van der Waals surface area contributed by atoms with E-state index in [9.17, 15) is 0 Å². The van der Waals surface area contributed by atoms with E-state index in [2.05, 4.69) is 24.1 Å². The number of nitrogen functional groups attached to an aromatic ring is 1. The highest BCUT2D eigenvalue weighted by molar-refractivity contribution is 5.47. The third-order valence-corrected chi connectivity index (χ3v) is 4.51. The Labute approximate surface area is 122 Å². The average Bonchev–Trinajstić information content (AvgIpc) is 2.92. The molecule has 0 bridgehead atoms. The van der Waals surface area contributed by atoms with Crippen molar-refractivity contribution in [3.8, 4) is 0 Å². The van der Waals surface area contributed by atoms with Crippen LogP contribution in [0.5, 0.6) is 0 Å². The molecule has 3 N–H and O–H groups in total. The molecule has 1 aliphatic carbocycles. The number of anilines is 1. The molecule has 4 heteroatoms. The molecule has 0 aliphatic heterocycles. The molecule has 0 spiro atoms. The summed E-state index contributed by atoms with van der Waals surface area (Å²) in [5, 5.41) is 3.66. The van der Waals surface area contributed by atoms with Gasteiger partial charge in [-0.3, -0.25) is 0 Å². The largest absolute Gasteiger partial charge is 0.383 e. The smallest absolute Gasteiger partial charge is 0.128 e. The summed E-state index contributed by atoms with van der Waals surface area (Å²) >= 11 is 0. The second-order valence-electron chi connectivity index (χ2n) is 5.79. The van der Waals surface area contributed by atoms with E-state index in [0.717, 1.165) is 31.4 Å². The van der Waals surface area contributed by atoms with Gasteiger partial charge in [-0.25, -0.2) is 4.98 Å². The van der Waals surface area contributed by atoms with Gasteiger partial charge in [0.1, 0.15) is 5.82 Å². The minimum absolute atomic E-state index is 0.128. The minimum Gasteiger partial charge on any atom is -0.383 e. The first-order valence-electron chi connectivity index (χ1n) is 7.64. The Morgan fingerprint density at radius 1 is 1.45 bits per heavy atom. The van der Waals surface area contributed by atoms with E-state index in [1.807, 2.05) is 13.2 Å². The summed E-state index contributed by atoms with van der Waals surface area (Å²) in [5.41, 5.74) is 8.33. The Hall–Kier alpha value is -1.13. The highest BCUT2D eigenvalue weighted by Crippen LogP contribution is 2.44. The lowest BCUT2D eigenvalue weighted by molar-refractivity contribution is -0.0368. The predicted octanol–water partition coefficient (Wildman–Crippen LogP) is 2.97. The second kappa shape index (κ2) is 6.55. The van der Waals surface area contributed by atoms with Gasteiger partial charge in [-0.15, -0.1) is 0 Å². The van der Waals surface area contributed by atoms with Crippen LogP contribution in [0.4, 0.5) is 5.82 Å². The first-order chi connectivity index (χ1) is 9.64. The Bertz CT molecular complexity index is 421. The summed E-state index contributed by atoms with van der Waals surface area (Å²) in [7, 11) is 1.83. The highest BCUT2D eigenvalue weighted by Gasteiger charge is 2.43. The van der Waals surface area contributed by atoms with Crippen LogP contribution in [0, 0.1) is 6.92 Å². The van der Waals surface area contributed by atoms with Crippen molar-refractivity contribution in [2.45, 2.75) is 57.6 Å². The van der Waals surface area contributed by atoms with Crippen LogP contribution >= 0.6 is 0 Å². The van der Waals surface area contributed by atoms with Gasteiger partial charge in [0.25, 0.3) is 0 Å². The summed E-state index contributed by atoms with van der Waals surface area (Å²) < 4.78 is 5.98. The van der Waals surface area contributed by atoms with Gasteiger partial charge in [-0.05, 0) is 44.4 Å². The number of nitrogens with two attached hydrogens (primary N) is 1. The SMILES string of the molecule is CCCNC(c1c(C)ccnc1N)C1(OC)CCCC1. The Kier molecular flexibility index (Phi) is 5.00. The fraction of sp³-hybridized carbons (Fsp3) is 0.688. The quantitative estimate of drug-likeness (QED) is 0.839. The summed E-state index contributed by atoms with van der Waals surface area (Å²) in [5.74, 6) is 0.627. The molecule has 0 aromatic carbocycles. The summed E-state index contributed by atoms with van der Waals surface area (Å²) in [4.78, 5) is 4.29. The van der Waals surface area contributed by atoms with E-state index in [1.165, 1.54) is 18.4 Å². The fourth-order valence-electron chi connectivity index (χ4n) is 3.39. The van der Waals surface area contributed by atoms with Crippen LogP contribution in [0.15, 0.2) is 12.3 Å². The molecule has 1 aliphatic rings. The number of hydrogen-bond donors (Lipinski definition) is 2. The molecule has 0 amide bonds. The average molecular weight is 277 g/mol. The molecule has 1 atom stereocenters. The number of nitrogens with one attached hydrogen (secondary N) is 1. The maximum atomic E-state index is 6.17. The van der Waals surface area contributed by atoms with E-state index in [4.69, 9.17) is 10.5 Å². The molecule has 0 saturated heterocycles. The van der Waals surface area contributed by atoms with Crippen LogP contribution in [-0.2, 0) is 4.74 Å². The zero-order chi connectivity index (χ0) is 14.6. The molecule has 4 nitrogen and oxygen atoms in total. The third kappa shape index (κ3) is 2.81. The summed E-state index contributed by atoms with van der Waals surface area (Å²) in [6.07, 6.45) is 7.47. The number of aryl methyl sites for hydroxylation is 1. The van der Waals surface area contributed by atoms with E-state index >= 15 is 0 Å². The van der Waals surface area contributed by atoms with Crippen LogP contribution in [0.2, 0.25) is 0 Å². The number of methoxy groups -OCH3 is 1. The first-order valence-corrected chi connectivity index (χ1v) is 7.64. The fourth-order valence-corrected chi connectivity index (χ4v) is 3.39. The molecule has 1 fully saturated rings. The van der Waals surface area contributed by atoms with Crippen molar-refractivity contribution < 1.29 is 4.74 Å². The number of ether oxygens (including phenoxy) is 1. The second-order valence-corrected chi connectivity index (χ2v) is 5.79. The van der Waals surface area contributed by atoms with Gasteiger partial charge in [0, 0.05) is 18.9 Å². The van der Waals surface area contributed by atoms with Crippen LogP contribution in [0.1, 0.15) is 56.2 Å². The van der Waals surface area contributed by atoms with Gasteiger partial charge in [0.05, 0.1) is 11.6 Å². The van der Waals surface area contributed by atoms with Gasteiger partial charge in [-0.2, -0.15) is 0 Å². The third-order valence-electron chi connectivity index (χ3n) is 4.51. The standard InChI is InChI=1S/C16H27N3O/c1-4-10-18-14(16(20-3)8-5-6-9-16)13-12(2)7-11-19-15(13)17/h7,11,14,18H,4-6,8-10H2,1-3H3,(H2,17,19). The lowest BCUT2D eigenvalue weighted by Crippen LogP contribution is -2.44. The van der Waals surface area contributed by atoms with Gasteiger partial charge in [0.2, 0.25) is 0 Å². The van der Waals surface area contributed by atoms with Crippen molar-refractivity contribution >= 4 is 5.82 Å². The van der Waals surface area contributed by atoms with Crippen LogP contribution in [-0.4, -0.2) is 24.2 Å². The maximum Gasteiger partial charge on any atom is 0.128 e. The van der Waals surface area contributed by atoms with Crippen molar-refractivity contribution in [2.24, 2.45) is 0 Å². The van der Waals surface area contributed by atoms with E-state index in [1.54, 1.807) is 6.20 Å². The molecular weight excluding hydrogens is 250 g/mol. The molecule has 112 valence electrons. The molecule has 1 aromatic rings. The molecule has 1 heterocycles. The molecule has 1 aromatic heterocycles. The van der Waals surface area contributed by atoms with Gasteiger partial charge in [0.15, 0.2) is 0 Å². The molecule has 2 rings (SSSR count). The van der Waals surface area contributed by atoms with E-state index < -0.39 is 0 Å². The highest BCUT2D eigenvalue weighted by atomic mass is 16.5. The Morgan fingerprint density at radius 3 is 2.70 bits per heavy atom. The molecule has 20 heavy (non-hydrogen) atoms. The van der Waals surface area contributed by atoms with Crippen LogP contribution in [0.3, 0.4) is 0 Å². The maximum absolute atomic E-state index is 6.17. The molecule has 1 saturated carbocycles. The Morgan fingerprint density at radius 2 is 2.15 bits per heavy atom. The predicted molar refractivity (Wildman–Crippen MR) is 82.6 cm³/mol. The molecular formula is C16H27N3O. The summed E-state index contributed by atoms with van der Waals surface area (Å²) in [6.45, 7) is 5.24. The first kappa shape index (κ1) is 15.3. The topological polar surface area (TPSA) is 60.2 Å². The lowest BCUT2D eigenvalue weighted by Gasteiger charge is -2.38. The van der Waals surface area contributed by atoms with E-state index in [0.29, 0.717) is 5.82 Å². The number of aromatic nitrogens is 1. The monoisotopic (exact) mass is 277 g/mol. The zero-order valence-corrected chi connectivity index (χ0v) is 12.9. The molecule has 0 radical (unpaired) electrons. The van der Waals surface area contributed by atoms with Gasteiger partial charge < -0.3 is 15.8 Å². The molecule has 1 unspecified atom stereocenters. The number of nitrogens with zero attached hydrogens (tertiary/aromatic N) is 1. The van der Waals surface area contributed by atoms with Crippen molar-refractivity contribution in [3.05, 3.63) is 23.4 Å². The normalized spacial score (nSPS) is 19.1. The zero-order valence-electron chi connectivity index (χ0n) is 12.9. The number of rotatable bonds is 6. The van der Waals surface area contributed by atoms with Crippen molar-refractivity contribution in [1.29, 1.82) is 0 Å². The van der Waals surface area contributed by atoms with Crippen molar-refractivity contribution in [2.75, 3.05) is 19.4 Å². The lowest BCUT2D eigenvalue weighted by atomic mass is 9.85. The van der Waals surface area contributed by atoms with E-state index in [-0.39, 0.29) is 11.6 Å². The van der Waals surface area contributed by atoms with Crippen LogP contribution in [0.25, 0.3) is 0 Å².